The van der Waals surface area contributed by atoms with Gasteiger partial charge in [0.2, 0.25) is 5.91 Å². The molecule has 3 heteroatoms. The van der Waals surface area contributed by atoms with Gasteiger partial charge < -0.3 is 11.1 Å². The van der Waals surface area contributed by atoms with Gasteiger partial charge in [-0.25, -0.2) is 0 Å². The molecule has 1 amide bonds. The van der Waals surface area contributed by atoms with Crippen molar-refractivity contribution >= 4 is 5.91 Å². The Bertz CT molecular complexity index is 373. The van der Waals surface area contributed by atoms with Crippen molar-refractivity contribution in [2.24, 2.45) is 11.7 Å². The minimum atomic E-state index is 0.0977. The number of amides is 1. The second-order valence-electron chi connectivity index (χ2n) is 5.21. The number of benzene rings is 1. The van der Waals surface area contributed by atoms with Crippen molar-refractivity contribution in [3.05, 3.63) is 35.4 Å². The van der Waals surface area contributed by atoms with Gasteiger partial charge in [-0.2, -0.15) is 0 Å². The van der Waals surface area contributed by atoms with Crippen LogP contribution in [0.3, 0.4) is 0 Å². The topological polar surface area (TPSA) is 55.1 Å². The maximum absolute atomic E-state index is 11.6. The first-order valence-corrected chi connectivity index (χ1v) is 7.20. The molecule has 0 saturated carbocycles. The van der Waals surface area contributed by atoms with Crippen LogP contribution >= 0.6 is 0 Å². The van der Waals surface area contributed by atoms with E-state index in [9.17, 15) is 4.79 Å². The molecule has 19 heavy (non-hydrogen) atoms. The van der Waals surface area contributed by atoms with E-state index in [4.69, 9.17) is 5.73 Å². The number of hydrogen-bond donors (Lipinski definition) is 2. The number of rotatable bonds is 8. The zero-order valence-electron chi connectivity index (χ0n) is 12.1. The van der Waals surface area contributed by atoms with Gasteiger partial charge in [-0.1, -0.05) is 44.5 Å². The molecule has 0 saturated heterocycles. The van der Waals surface area contributed by atoms with Crippen LogP contribution in [-0.2, 0) is 17.6 Å². The van der Waals surface area contributed by atoms with Crippen LogP contribution < -0.4 is 11.1 Å². The minimum absolute atomic E-state index is 0.0977. The molecule has 0 spiro atoms. The van der Waals surface area contributed by atoms with Gasteiger partial charge in [-0.3, -0.25) is 4.79 Å². The molecule has 1 unspecified atom stereocenters. The Labute approximate surface area is 116 Å². The SMILES string of the molecule is CCCc1ccc(CCNC(=O)CC(C)CN)cc1. The number of aryl methyl sites for hydroxylation is 1. The third-order valence-electron chi connectivity index (χ3n) is 3.23. The predicted molar refractivity (Wildman–Crippen MR) is 80.0 cm³/mol. The van der Waals surface area contributed by atoms with Crippen molar-refractivity contribution in [1.82, 2.24) is 5.32 Å². The van der Waals surface area contributed by atoms with Crippen molar-refractivity contribution in [3.8, 4) is 0 Å². The van der Waals surface area contributed by atoms with Crippen LogP contribution in [0.5, 0.6) is 0 Å². The minimum Gasteiger partial charge on any atom is -0.356 e. The number of nitrogens with one attached hydrogen (secondary N) is 1. The molecule has 106 valence electrons. The van der Waals surface area contributed by atoms with E-state index in [-0.39, 0.29) is 11.8 Å². The average Bonchev–Trinajstić information content (AvgIpc) is 2.41. The Morgan fingerprint density at radius 1 is 1.21 bits per heavy atom. The molecule has 0 radical (unpaired) electrons. The zero-order chi connectivity index (χ0) is 14.1. The van der Waals surface area contributed by atoms with Crippen LogP contribution in [0.4, 0.5) is 0 Å². The van der Waals surface area contributed by atoms with Crippen molar-refractivity contribution in [2.45, 2.75) is 39.5 Å². The Kier molecular flexibility index (Phi) is 7.19. The van der Waals surface area contributed by atoms with Crippen LogP contribution in [-0.4, -0.2) is 19.0 Å². The average molecular weight is 262 g/mol. The summed E-state index contributed by atoms with van der Waals surface area (Å²) < 4.78 is 0. The first-order chi connectivity index (χ1) is 9.15. The zero-order valence-corrected chi connectivity index (χ0v) is 12.1. The standard InChI is InChI=1S/C16H26N2O/c1-3-4-14-5-7-15(8-6-14)9-10-18-16(19)11-13(2)12-17/h5-8,13H,3-4,9-12,17H2,1-2H3,(H,18,19). The monoisotopic (exact) mass is 262 g/mol. The molecular formula is C16H26N2O. The summed E-state index contributed by atoms with van der Waals surface area (Å²) in [5.41, 5.74) is 8.15. The summed E-state index contributed by atoms with van der Waals surface area (Å²) in [5, 5.41) is 2.94. The second kappa shape index (κ2) is 8.70. The molecule has 3 nitrogen and oxygen atoms in total. The number of hydrogen-bond acceptors (Lipinski definition) is 2. The van der Waals surface area contributed by atoms with Crippen molar-refractivity contribution in [2.75, 3.05) is 13.1 Å². The molecule has 0 bridgehead atoms. The van der Waals surface area contributed by atoms with Gasteiger partial charge in [0, 0.05) is 13.0 Å². The summed E-state index contributed by atoms with van der Waals surface area (Å²) in [6, 6.07) is 8.66. The highest BCUT2D eigenvalue weighted by molar-refractivity contribution is 5.76. The first-order valence-electron chi connectivity index (χ1n) is 7.20. The van der Waals surface area contributed by atoms with E-state index in [1.165, 1.54) is 17.5 Å². The van der Waals surface area contributed by atoms with Gasteiger partial charge in [-0.15, -0.1) is 0 Å². The van der Waals surface area contributed by atoms with Crippen molar-refractivity contribution in [3.63, 3.8) is 0 Å². The van der Waals surface area contributed by atoms with Gasteiger partial charge in [0.15, 0.2) is 0 Å². The molecule has 0 aliphatic carbocycles. The summed E-state index contributed by atoms with van der Waals surface area (Å²) >= 11 is 0. The molecule has 1 aromatic carbocycles. The summed E-state index contributed by atoms with van der Waals surface area (Å²) in [5.74, 6) is 0.355. The Morgan fingerprint density at radius 3 is 2.32 bits per heavy atom. The van der Waals surface area contributed by atoms with Gasteiger partial charge >= 0.3 is 0 Å². The fourth-order valence-electron chi connectivity index (χ4n) is 1.98. The maximum Gasteiger partial charge on any atom is 0.220 e. The lowest BCUT2D eigenvalue weighted by Crippen LogP contribution is -2.28. The van der Waals surface area contributed by atoms with Crippen LogP contribution in [0, 0.1) is 5.92 Å². The molecule has 1 atom stereocenters. The number of carbonyl (C=O) groups is 1. The fraction of sp³-hybridized carbons (Fsp3) is 0.562. The Balaban J connectivity index is 2.27. The van der Waals surface area contributed by atoms with E-state index in [2.05, 4.69) is 36.5 Å². The molecule has 1 aromatic rings. The van der Waals surface area contributed by atoms with E-state index < -0.39 is 0 Å². The van der Waals surface area contributed by atoms with Crippen molar-refractivity contribution < 1.29 is 4.79 Å². The van der Waals surface area contributed by atoms with E-state index in [0.717, 1.165) is 12.8 Å². The van der Waals surface area contributed by atoms with Crippen LogP contribution in [0.15, 0.2) is 24.3 Å². The lowest BCUT2D eigenvalue weighted by atomic mass is 10.1. The molecule has 0 heterocycles. The largest absolute Gasteiger partial charge is 0.356 e. The highest BCUT2D eigenvalue weighted by atomic mass is 16.1. The summed E-state index contributed by atoms with van der Waals surface area (Å²) in [6.45, 7) is 5.44. The van der Waals surface area contributed by atoms with E-state index in [1.807, 2.05) is 6.92 Å². The second-order valence-corrected chi connectivity index (χ2v) is 5.21. The smallest absolute Gasteiger partial charge is 0.220 e. The molecule has 1 rings (SSSR count). The quantitative estimate of drug-likeness (QED) is 0.755. The first kappa shape index (κ1) is 15.7. The molecular weight excluding hydrogens is 236 g/mol. The molecule has 0 aliphatic rings. The third-order valence-corrected chi connectivity index (χ3v) is 3.23. The summed E-state index contributed by atoms with van der Waals surface area (Å²) in [6.07, 6.45) is 3.71. The Morgan fingerprint density at radius 2 is 1.79 bits per heavy atom. The normalized spacial score (nSPS) is 12.2. The van der Waals surface area contributed by atoms with E-state index in [0.29, 0.717) is 19.5 Å². The van der Waals surface area contributed by atoms with E-state index in [1.54, 1.807) is 0 Å². The van der Waals surface area contributed by atoms with Gasteiger partial charge in [0.25, 0.3) is 0 Å². The van der Waals surface area contributed by atoms with E-state index >= 15 is 0 Å². The van der Waals surface area contributed by atoms with Crippen LogP contribution in [0.2, 0.25) is 0 Å². The lowest BCUT2D eigenvalue weighted by Gasteiger charge is -2.09. The summed E-state index contributed by atoms with van der Waals surface area (Å²) in [7, 11) is 0. The highest BCUT2D eigenvalue weighted by Crippen LogP contribution is 2.07. The van der Waals surface area contributed by atoms with Gasteiger partial charge in [-0.05, 0) is 36.4 Å². The van der Waals surface area contributed by atoms with Crippen LogP contribution in [0.1, 0.15) is 37.8 Å². The van der Waals surface area contributed by atoms with Gasteiger partial charge in [0.1, 0.15) is 0 Å². The van der Waals surface area contributed by atoms with Crippen molar-refractivity contribution in [1.29, 1.82) is 0 Å². The predicted octanol–water partition coefficient (Wildman–Crippen LogP) is 2.28. The fourth-order valence-corrected chi connectivity index (χ4v) is 1.98. The third kappa shape index (κ3) is 6.39. The molecule has 0 aliphatic heterocycles. The molecule has 0 aromatic heterocycles. The Hall–Kier alpha value is -1.35. The maximum atomic E-state index is 11.6. The number of nitrogens with two attached hydrogens (primary N) is 1. The summed E-state index contributed by atoms with van der Waals surface area (Å²) in [4.78, 5) is 11.6. The molecule has 3 N–H and O–H groups in total. The molecule has 0 fully saturated rings. The van der Waals surface area contributed by atoms with Gasteiger partial charge in [0.05, 0.1) is 0 Å². The lowest BCUT2D eigenvalue weighted by molar-refractivity contribution is -0.121. The number of carbonyl (C=O) groups excluding carboxylic acids is 1. The van der Waals surface area contributed by atoms with Crippen LogP contribution in [0.25, 0.3) is 0 Å². The highest BCUT2D eigenvalue weighted by Gasteiger charge is 2.06.